The molecule has 1 aliphatic rings. The standard InChI is InChI=1S/C21H25BrN2O/c1-15-4-3-5-20(16(15)2)23-21(25)18-10-12-24(13-11-18)14-17-6-8-19(22)9-7-17/h3-9,18H,10-14H2,1-2H3,(H,23,25). The predicted octanol–water partition coefficient (Wildman–Crippen LogP) is 4.92. The molecule has 1 fully saturated rings. The van der Waals surface area contributed by atoms with E-state index in [4.69, 9.17) is 0 Å². The first kappa shape index (κ1) is 18.2. The Balaban J connectivity index is 1.52. The molecule has 3 nitrogen and oxygen atoms in total. The van der Waals surface area contributed by atoms with Gasteiger partial charge in [-0.05, 0) is 74.7 Å². The number of piperidine rings is 1. The zero-order valence-electron chi connectivity index (χ0n) is 14.9. The highest BCUT2D eigenvalue weighted by molar-refractivity contribution is 9.10. The first-order valence-corrected chi connectivity index (χ1v) is 9.66. The van der Waals surface area contributed by atoms with Crippen LogP contribution < -0.4 is 5.32 Å². The summed E-state index contributed by atoms with van der Waals surface area (Å²) in [4.78, 5) is 15.0. The molecule has 2 aromatic rings. The van der Waals surface area contributed by atoms with Crippen molar-refractivity contribution in [3.63, 3.8) is 0 Å². The first-order valence-electron chi connectivity index (χ1n) is 8.87. The number of amides is 1. The number of benzene rings is 2. The zero-order valence-corrected chi connectivity index (χ0v) is 16.5. The van der Waals surface area contributed by atoms with E-state index in [1.807, 2.05) is 12.1 Å². The lowest BCUT2D eigenvalue weighted by molar-refractivity contribution is -0.121. The van der Waals surface area contributed by atoms with Gasteiger partial charge in [0.2, 0.25) is 5.91 Å². The molecule has 0 spiro atoms. The maximum atomic E-state index is 12.6. The van der Waals surface area contributed by atoms with Gasteiger partial charge in [0.05, 0.1) is 0 Å². The number of anilines is 1. The van der Waals surface area contributed by atoms with Crippen molar-refractivity contribution in [3.8, 4) is 0 Å². The molecule has 2 aromatic carbocycles. The van der Waals surface area contributed by atoms with Crippen molar-refractivity contribution in [3.05, 3.63) is 63.6 Å². The second-order valence-corrected chi connectivity index (χ2v) is 7.83. The van der Waals surface area contributed by atoms with E-state index in [-0.39, 0.29) is 11.8 Å². The molecule has 0 unspecified atom stereocenters. The van der Waals surface area contributed by atoms with Crippen molar-refractivity contribution in [2.75, 3.05) is 18.4 Å². The second-order valence-electron chi connectivity index (χ2n) is 6.91. The van der Waals surface area contributed by atoms with Crippen molar-refractivity contribution in [2.45, 2.75) is 33.2 Å². The second kappa shape index (κ2) is 8.15. The normalized spacial score (nSPS) is 16.0. The molecule has 1 amide bonds. The molecule has 0 bridgehead atoms. The van der Waals surface area contributed by atoms with E-state index in [1.54, 1.807) is 0 Å². The third kappa shape index (κ3) is 4.71. The molecule has 1 saturated heterocycles. The van der Waals surface area contributed by atoms with Gasteiger partial charge < -0.3 is 5.32 Å². The predicted molar refractivity (Wildman–Crippen MR) is 107 cm³/mol. The topological polar surface area (TPSA) is 32.3 Å². The first-order chi connectivity index (χ1) is 12.0. The van der Waals surface area contributed by atoms with Gasteiger partial charge in [-0.15, -0.1) is 0 Å². The Morgan fingerprint density at radius 2 is 1.80 bits per heavy atom. The summed E-state index contributed by atoms with van der Waals surface area (Å²) in [5.41, 5.74) is 4.63. The Bertz CT molecular complexity index is 734. The molecule has 132 valence electrons. The molecular weight excluding hydrogens is 376 g/mol. The van der Waals surface area contributed by atoms with Gasteiger partial charge >= 0.3 is 0 Å². The monoisotopic (exact) mass is 400 g/mol. The van der Waals surface area contributed by atoms with Gasteiger partial charge in [0.1, 0.15) is 0 Å². The highest BCUT2D eigenvalue weighted by Crippen LogP contribution is 2.23. The molecule has 4 heteroatoms. The van der Waals surface area contributed by atoms with Crippen molar-refractivity contribution in [1.29, 1.82) is 0 Å². The summed E-state index contributed by atoms with van der Waals surface area (Å²) in [7, 11) is 0. The quantitative estimate of drug-likeness (QED) is 0.789. The van der Waals surface area contributed by atoms with Gasteiger partial charge in [0.15, 0.2) is 0 Å². The number of hydrogen-bond acceptors (Lipinski definition) is 2. The van der Waals surface area contributed by atoms with Crippen molar-refractivity contribution in [2.24, 2.45) is 5.92 Å². The Morgan fingerprint density at radius 1 is 1.12 bits per heavy atom. The maximum absolute atomic E-state index is 12.6. The van der Waals surface area contributed by atoms with Gasteiger partial charge in [-0.2, -0.15) is 0 Å². The number of nitrogens with one attached hydrogen (secondary N) is 1. The number of aryl methyl sites for hydroxylation is 1. The van der Waals surface area contributed by atoms with E-state index in [2.05, 4.69) is 70.3 Å². The Labute approximate surface area is 158 Å². The van der Waals surface area contributed by atoms with Crippen LogP contribution in [-0.2, 0) is 11.3 Å². The molecular formula is C21H25BrN2O. The molecule has 0 saturated carbocycles. The zero-order chi connectivity index (χ0) is 17.8. The van der Waals surface area contributed by atoms with E-state index in [0.717, 1.165) is 48.2 Å². The lowest BCUT2D eigenvalue weighted by atomic mass is 9.95. The van der Waals surface area contributed by atoms with Crippen LogP contribution in [0.2, 0.25) is 0 Å². The summed E-state index contributed by atoms with van der Waals surface area (Å²) in [5, 5.41) is 3.13. The minimum Gasteiger partial charge on any atom is -0.326 e. The summed E-state index contributed by atoms with van der Waals surface area (Å²) >= 11 is 3.47. The number of carbonyl (C=O) groups is 1. The SMILES string of the molecule is Cc1cccc(NC(=O)C2CCN(Cc3ccc(Br)cc3)CC2)c1C. The van der Waals surface area contributed by atoms with Crippen LogP contribution >= 0.6 is 15.9 Å². The summed E-state index contributed by atoms with van der Waals surface area (Å²) in [6.45, 7) is 7.04. The Morgan fingerprint density at radius 3 is 2.48 bits per heavy atom. The maximum Gasteiger partial charge on any atom is 0.227 e. The van der Waals surface area contributed by atoms with Crippen LogP contribution in [0, 0.1) is 19.8 Å². The largest absolute Gasteiger partial charge is 0.326 e. The number of likely N-dealkylation sites (tertiary alicyclic amines) is 1. The number of carbonyl (C=O) groups excluding carboxylic acids is 1. The van der Waals surface area contributed by atoms with Crippen LogP contribution in [-0.4, -0.2) is 23.9 Å². The highest BCUT2D eigenvalue weighted by atomic mass is 79.9. The molecule has 0 atom stereocenters. The molecule has 0 aromatic heterocycles. The fourth-order valence-electron chi connectivity index (χ4n) is 3.32. The average molecular weight is 401 g/mol. The smallest absolute Gasteiger partial charge is 0.227 e. The Hall–Kier alpha value is -1.65. The van der Waals surface area contributed by atoms with E-state index in [0.29, 0.717) is 0 Å². The van der Waals surface area contributed by atoms with E-state index in [1.165, 1.54) is 11.1 Å². The van der Waals surface area contributed by atoms with Crippen LogP contribution in [0.1, 0.15) is 29.5 Å². The third-order valence-electron chi connectivity index (χ3n) is 5.14. The van der Waals surface area contributed by atoms with E-state index in [9.17, 15) is 4.79 Å². The number of hydrogen-bond donors (Lipinski definition) is 1. The van der Waals surface area contributed by atoms with Gasteiger partial charge in [-0.3, -0.25) is 9.69 Å². The summed E-state index contributed by atoms with van der Waals surface area (Å²) in [6.07, 6.45) is 1.85. The van der Waals surface area contributed by atoms with Crippen LogP contribution in [0.25, 0.3) is 0 Å². The molecule has 1 aliphatic heterocycles. The minimum atomic E-state index is 0.112. The van der Waals surface area contributed by atoms with Crippen molar-refractivity contribution < 1.29 is 4.79 Å². The average Bonchev–Trinajstić information content (AvgIpc) is 2.61. The fourth-order valence-corrected chi connectivity index (χ4v) is 3.59. The summed E-state index contributed by atoms with van der Waals surface area (Å²) in [5.74, 6) is 0.276. The van der Waals surface area contributed by atoms with Gasteiger partial charge in [0.25, 0.3) is 0 Å². The van der Waals surface area contributed by atoms with Gasteiger partial charge in [-0.25, -0.2) is 0 Å². The Kier molecular flexibility index (Phi) is 5.92. The molecule has 25 heavy (non-hydrogen) atoms. The van der Waals surface area contributed by atoms with E-state index >= 15 is 0 Å². The highest BCUT2D eigenvalue weighted by Gasteiger charge is 2.25. The summed E-state index contributed by atoms with van der Waals surface area (Å²) in [6, 6.07) is 14.5. The molecule has 0 radical (unpaired) electrons. The number of halogens is 1. The minimum absolute atomic E-state index is 0.112. The van der Waals surface area contributed by atoms with Gasteiger partial charge in [0, 0.05) is 22.6 Å². The third-order valence-corrected chi connectivity index (χ3v) is 5.67. The number of rotatable bonds is 4. The molecule has 3 rings (SSSR count). The van der Waals surface area contributed by atoms with E-state index < -0.39 is 0 Å². The lowest BCUT2D eigenvalue weighted by Gasteiger charge is -2.31. The van der Waals surface area contributed by atoms with Crippen LogP contribution in [0.4, 0.5) is 5.69 Å². The van der Waals surface area contributed by atoms with Crippen LogP contribution in [0.5, 0.6) is 0 Å². The van der Waals surface area contributed by atoms with Crippen molar-refractivity contribution >= 4 is 27.5 Å². The summed E-state index contributed by atoms with van der Waals surface area (Å²) < 4.78 is 1.11. The van der Waals surface area contributed by atoms with Crippen LogP contribution in [0.15, 0.2) is 46.9 Å². The molecule has 0 aliphatic carbocycles. The van der Waals surface area contributed by atoms with Gasteiger partial charge in [-0.1, -0.05) is 40.2 Å². The number of nitrogens with zero attached hydrogens (tertiary/aromatic N) is 1. The molecule has 1 heterocycles. The molecule has 1 N–H and O–H groups in total. The lowest BCUT2D eigenvalue weighted by Crippen LogP contribution is -2.37. The van der Waals surface area contributed by atoms with Crippen molar-refractivity contribution in [1.82, 2.24) is 4.90 Å². The van der Waals surface area contributed by atoms with Crippen LogP contribution in [0.3, 0.4) is 0 Å². The fraction of sp³-hybridized carbons (Fsp3) is 0.381.